The molecule has 0 fully saturated rings. The first-order valence-corrected chi connectivity index (χ1v) is 9.69. The maximum atomic E-state index is 13.3. The summed E-state index contributed by atoms with van der Waals surface area (Å²) in [6.07, 6.45) is -4.76. The molecule has 0 aliphatic carbocycles. The molecule has 1 aromatic carbocycles. The summed E-state index contributed by atoms with van der Waals surface area (Å²) < 4.78 is 45.9. The van der Waals surface area contributed by atoms with E-state index in [2.05, 4.69) is 21.2 Å². The fourth-order valence-corrected chi connectivity index (χ4v) is 3.28. The fraction of sp³-hybridized carbons (Fsp3) is 0.421. The number of ether oxygens (including phenoxy) is 1. The molecule has 2 rings (SSSR count). The Balaban J connectivity index is 2.58. The first-order chi connectivity index (χ1) is 14.0. The molecule has 0 saturated carbocycles. The zero-order valence-electron chi connectivity index (χ0n) is 17.3. The zero-order valence-corrected chi connectivity index (χ0v) is 18.9. The van der Waals surface area contributed by atoms with Gasteiger partial charge in [-0.05, 0) is 32.9 Å². The highest BCUT2D eigenvalue weighted by Gasteiger charge is 2.36. The Hall–Kier alpha value is -2.76. The van der Waals surface area contributed by atoms with Crippen LogP contribution in [-0.2, 0) is 16.6 Å². The van der Waals surface area contributed by atoms with Gasteiger partial charge in [-0.1, -0.05) is 15.9 Å². The SMILES string of the molecule is CN(c1cc(Br)cc2c(O)c(C(=O)NCC(=O)OC(C)(C)C)c(=O)n(C)c12)C(F)(F)F. The number of nitrogens with one attached hydrogen (secondary N) is 1. The number of rotatable bonds is 4. The number of amides is 1. The summed E-state index contributed by atoms with van der Waals surface area (Å²) in [7, 11) is 1.95. The molecule has 12 heteroatoms. The van der Waals surface area contributed by atoms with Crippen molar-refractivity contribution in [2.24, 2.45) is 7.05 Å². The van der Waals surface area contributed by atoms with Crippen molar-refractivity contribution in [3.05, 3.63) is 32.5 Å². The topological polar surface area (TPSA) is 101 Å². The van der Waals surface area contributed by atoms with Gasteiger partial charge < -0.3 is 19.7 Å². The second kappa shape index (κ2) is 8.40. The fourth-order valence-electron chi connectivity index (χ4n) is 2.84. The number of carbonyl (C=O) groups excluding carboxylic acids is 2. The molecule has 2 aromatic rings. The van der Waals surface area contributed by atoms with E-state index in [0.717, 1.165) is 17.7 Å². The zero-order chi connectivity index (χ0) is 23.9. The van der Waals surface area contributed by atoms with Gasteiger partial charge in [-0.3, -0.25) is 19.3 Å². The Labute approximate surface area is 183 Å². The van der Waals surface area contributed by atoms with Gasteiger partial charge >= 0.3 is 12.3 Å². The van der Waals surface area contributed by atoms with E-state index in [9.17, 15) is 32.7 Å². The van der Waals surface area contributed by atoms with Crippen LogP contribution in [-0.4, -0.2) is 47.0 Å². The molecule has 0 aliphatic rings. The van der Waals surface area contributed by atoms with Gasteiger partial charge in [0, 0.05) is 24.0 Å². The minimum atomic E-state index is -4.76. The van der Waals surface area contributed by atoms with Crippen LogP contribution < -0.4 is 15.8 Å². The molecule has 1 amide bonds. The Kier molecular flexibility index (Phi) is 6.64. The number of benzene rings is 1. The lowest BCUT2D eigenvalue weighted by Crippen LogP contribution is -2.38. The number of aromatic hydroxyl groups is 1. The van der Waals surface area contributed by atoms with E-state index in [4.69, 9.17) is 4.74 Å². The predicted octanol–water partition coefficient (Wildman–Crippen LogP) is 3.03. The Morgan fingerprint density at radius 3 is 2.35 bits per heavy atom. The second-order valence-corrected chi connectivity index (χ2v) is 8.62. The van der Waals surface area contributed by atoms with E-state index in [1.165, 1.54) is 13.1 Å². The van der Waals surface area contributed by atoms with Crippen LogP contribution in [0.25, 0.3) is 10.9 Å². The Morgan fingerprint density at radius 1 is 1.26 bits per heavy atom. The van der Waals surface area contributed by atoms with Gasteiger partial charge in [0.1, 0.15) is 23.5 Å². The van der Waals surface area contributed by atoms with Crippen LogP contribution in [0.1, 0.15) is 31.1 Å². The number of aryl methyl sites for hydroxylation is 1. The molecule has 0 atom stereocenters. The minimum absolute atomic E-state index is 0.0127. The number of alkyl halides is 3. The summed E-state index contributed by atoms with van der Waals surface area (Å²) in [4.78, 5) is 37.1. The molecular weight excluding hydrogens is 487 g/mol. The van der Waals surface area contributed by atoms with Gasteiger partial charge in [0.2, 0.25) is 0 Å². The lowest BCUT2D eigenvalue weighted by atomic mass is 10.1. The van der Waals surface area contributed by atoms with Crippen molar-refractivity contribution in [2.75, 3.05) is 18.5 Å². The third-order valence-corrected chi connectivity index (χ3v) is 4.64. The number of pyridine rings is 1. The lowest BCUT2D eigenvalue weighted by Gasteiger charge is -2.25. The largest absolute Gasteiger partial charge is 0.506 e. The van der Waals surface area contributed by atoms with Crippen molar-refractivity contribution < 1.29 is 32.6 Å². The third kappa shape index (κ3) is 5.30. The van der Waals surface area contributed by atoms with Gasteiger partial charge in [-0.25, -0.2) is 0 Å². The average Bonchev–Trinajstić information content (AvgIpc) is 2.61. The number of hydrogen-bond donors (Lipinski definition) is 2. The first kappa shape index (κ1) is 24.5. The first-order valence-electron chi connectivity index (χ1n) is 8.90. The van der Waals surface area contributed by atoms with Crippen LogP contribution in [0.2, 0.25) is 0 Å². The number of hydrogen-bond acceptors (Lipinski definition) is 6. The van der Waals surface area contributed by atoms with E-state index >= 15 is 0 Å². The Morgan fingerprint density at radius 2 is 1.84 bits per heavy atom. The van der Waals surface area contributed by atoms with Crippen LogP contribution in [0.15, 0.2) is 21.4 Å². The quantitative estimate of drug-likeness (QED) is 0.487. The van der Waals surface area contributed by atoms with Crippen molar-refractivity contribution in [1.29, 1.82) is 0 Å². The summed E-state index contributed by atoms with van der Waals surface area (Å²) in [6.45, 7) is 4.32. The second-order valence-electron chi connectivity index (χ2n) is 7.70. The summed E-state index contributed by atoms with van der Waals surface area (Å²) in [6, 6.07) is 2.42. The smallest absolute Gasteiger partial charge is 0.484 e. The van der Waals surface area contributed by atoms with Gasteiger partial charge in [0.05, 0.1) is 11.2 Å². The van der Waals surface area contributed by atoms with E-state index in [1.54, 1.807) is 20.8 Å². The standard InChI is InChI=1S/C19H21BrF3N3O5/c1-18(2,3)31-12(27)8-24-16(29)13-15(28)10-6-9(20)7-11(26(5)19(21,22)23)14(10)25(4)17(13)30/h6-7,28H,8H2,1-5H3,(H,24,29). The predicted molar refractivity (Wildman–Crippen MR) is 111 cm³/mol. The molecule has 170 valence electrons. The number of nitrogens with zero attached hydrogens (tertiary/aromatic N) is 2. The Bertz CT molecular complexity index is 1110. The minimum Gasteiger partial charge on any atom is -0.506 e. The molecule has 1 aromatic heterocycles. The molecule has 31 heavy (non-hydrogen) atoms. The number of aromatic nitrogens is 1. The third-order valence-electron chi connectivity index (χ3n) is 4.18. The molecule has 0 bridgehead atoms. The van der Waals surface area contributed by atoms with E-state index < -0.39 is 52.9 Å². The van der Waals surface area contributed by atoms with Crippen molar-refractivity contribution >= 4 is 44.4 Å². The normalized spacial score (nSPS) is 12.0. The van der Waals surface area contributed by atoms with Crippen LogP contribution >= 0.6 is 15.9 Å². The summed E-state index contributed by atoms with van der Waals surface area (Å²) in [5.74, 6) is -2.65. The van der Waals surface area contributed by atoms with Gasteiger partial charge in [0.25, 0.3) is 11.5 Å². The van der Waals surface area contributed by atoms with Crippen LogP contribution in [0.5, 0.6) is 5.75 Å². The van der Waals surface area contributed by atoms with Crippen molar-refractivity contribution in [3.63, 3.8) is 0 Å². The van der Waals surface area contributed by atoms with E-state index in [-0.39, 0.29) is 20.3 Å². The average molecular weight is 508 g/mol. The van der Waals surface area contributed by atoms with Crippen molar-refractivity contribution in [1.82, 2.24) is 9.88 Å². The monoisotopic (exact) mass is 507 g/mol. The summed E-state index contributed by atoms with van der Waals surface area (Å²) >= 11 is 3.08. The van der Waals surface area contributed by atoms with Crippen LogP contribution in [0.3, 0.4) is 0 Å². The molecule has 0 spiro atoms. The number of halogens is 4. The molecule has 2 N–H and O–H groups in total. The van der Waals surface area contributed by atoms with Gasteiger partial charge in [-0.15, -0.1) is 0 Å². The lowest BCUT2D eigenvalue weighted by molar-refractivity contribution is -0.153. The molecule has 0 saturated heterocycles. The molecule has 0 aliphatic heterocycles. The summed E-state index contributed by atoms with van der Waals surface area (Å²) in [5.41, 5.74) is -3.18. The number of anilines is 1. The highest BCUT2D eigenvalue weighted by atomic mass is 79.9. The maximum Gasteiger partial charge on any atom is 0.484 e. The van der Waals surface area contributed by atoms with Crippen LogP contribution in [0, 0.1) is 0 Å². The number of esters is 1. The van der Waals surface area contributed by atoms with Gasteiger partial charge in [0.15, 0.2) is 0 Å². The number of fused-ring (bicyclic) bond motifs is 1. The van der Waals surface area contributed by atoms with E-state index in [0.29, 0.717) is 0 Å². The summed E-state index contributed by atoms with van der Waals surface area (Å²) in [5, 5.41) is 12.6. The van der Waals surface area contributed by atoms with Crippen molar-refractivity contribution in [2.45, 2.75) is 32.7 Å². The van der Waals surface area contributed by atoms with Crippen molar-refractivity contribution in [3.8, 4) is 5.75 Å². The molecule has 8 nitrogen and oxygen atoms in total. The molecule has 0 unspecified atom stereocenters. The maximum absolute atomic E-state index is 13.3. The molecule has 1 heterocycles. The highest BCUT2D eigenvalue weighted by molar-refractivity contribution is 9.10. The number of carbonyl (C=O) groups is 2. The van der Waals surface area contributed by atoms with E-state index in [1.807, 2.05) is 0 Å². The van der Waals surface area contributed by atoms with Crippen LogP contribution in [0.4, 0.5) is 18.9 Å². The molecular formula is C19H21BrF3N3O5. The van der Waals surface area contributed by atoms with Gasteiger partial charge in [-0.2, -0.15) is 13.2 Å². The molecule has 0 radical (unpaired) electrons. The highest BCUT2D eigenvalue weighted by Crippen LogP contribution is 2.38.